The molecule has 1 heterocycles. The van der Waals surface area contributed by atoms with Gasteiger partial charge in [-0.25, -0.2) is 0 Å². The van der Waals surface area contributed by atoms with E-state index in [4.69, 9.17) is 0 Å². The van der Waals surface area contributed by atoms with Crippen LogP contribution in [0.2, 0.25) is 0 Å². The lowest BCUT2D eigenvalue weighted by molar-refractivity contribution is 0.686. The fraction of sp³-hybridized carbons (Fsp3) is 0.154. The predicted octanol–water partition coefficient (Wildman–Crippen LogP) is 3.15. The molecule has 0 radical (unpaired) electrons. The van der Waals surface area contributed by atoms with E-state index in [0.717, 1.165) is 10.0 Å². The summed E-state index contributed by atoms with van der Waals surface area (Å²) in [7, 11) is 1.96. The molecule has 0 fully saturated rings. The lowest BCUT2D eigenvalue weighted by Crippen LogP contribution is -2.18. The highest BCUT2D eigenvalue weighted by Crippen LogP contribution is 2.27. The van der Waals surface area contributed by atoms with E-state index in [9.17, 15) is 0 Å². The summed E-state index contributed by atoms with van der Waals surface area (Å²) in [4.78, 5) is 4.15. The van der Waals surface area contributed by atoms with E-state index in [2.05, 4.69) is 44.4 Å². The van der Waals surface area contributed by atoms with E-state index in [-0.39, 0.29) is 6.04 Å². The second-order valence-electron chi connectivity index (χ2n) is 3.53. The third kappa shape index (κ3) is 2.31. The molecule has 0 aliphatic heterocycles. The zero-order valence-electron chi connectivity index (χ0n) is 9.02. The molecule has 1 atom stereocenters. The molecule has 1 unspecified atom stereocenters. The molecule has 0 bridgehead atoms. The highest BCUT2D eigenvalue weighted by molar-refractivity contribution is 9.10. The van der Waals surface area contributed by atoms with Crippen LogP contribution in [0.15, 0.2) is 53.3 Å². The van der Waals surface area contributed by atoms with Crippen LogP contribution in [0, 0.1) is 0 Å². The van der Waals surface area contributed by atoms with Gasteiger partial charge in [0.05, 0.1) is 6.04 Å². The Kier molecular flexibility index (Phi) is 3.70. The van der Waals surface area contributed by atoms with Crippen molar-refractivity contribution in [2.45, 2.75) is 6.04 Å². The largest absolute Gasteiger partial charge is 0.309 e. The van der Waals surface area contributed by atoms with E-state index in [0.29, 0.717) is 0 Å². The smallest absolute Gasteiger partial charge is 0.0600 e. The number of nitrogens with one attached hydrogen (secondary N) is 1. The zero-order chi connectivity index (χ0) is 11.4. The maximum Gasteiger partial charge on any atom is 0.0600 e. The Morgan fingerprint density at radius 2 is 2.00 bits per heavy atom. The van der Waals surface area contributed by atoms with Gasteiger partial charge in [-0.2, -0.15) is 0 Å². The molecule has 0 saturated carbocycles. The monoisotopic (exact) mass is 276 g/mol. The number of aromatic nitrogens is 1. The Morgan fingerprint density at radius 1 is 1.19 bits per heavy atom. The Hall–Kier alpha value is -1.19. The van der Waals surface area contributed by atoms with Crippen molar-refractivity contribution in [3.05, 3.63) is 64.4 Å². The van der Waals surface area contributed by atoms with Crippen LogP contribution in [0.25, 0.3) is 0 Å². The van der Waals surface area contributed by atoms with Gasteiger partial charge in [0.2, 0.25) is 0 Å². The minimum atomic E-state index is 0.171. The zero-order valence-corrected chi connectivity index (χ0v) is 10.6. The van der Waals surface area contributed by atoms with Crippen LogP contribution in [-0.2, 0) is 0 Å². The first-order valence-electron chi connectivity index (χ1n) is 5.14. The number of hydrogen-bond acceptors (Lipinski definition) is 2. The summed E-state index contributed by atoms with van der Waals surface area (Å²) in [6.07, 6.45) is 3.68. The maximum absolute atomic E-state index is 4.15. The van der Waals surface area contributed by atoms with Gasteiger partial charge in [0, 0.05) is 16.9 Å². The molecule has 1 N–H and O–H groups in total. The van der Waals surface area contributed by atoms with Gasteiger partial charge in [-0.3, -0.25) is 4.98 Å². The third-order valence-corrected chi connectivity index (χ3v) is 3.24. The van der Waals surface area contributed by atoms with Crippen LogP contribution >= 0.6 is 15.9 Å². The van der Waals surface area contributed by atoms with E-state index in [1.165, 1.54) is 5.56 Å². The van der Waals surface area contributed by atoms with E-state index >= 15 is 0 Å². The van der Waals surface area contributed by atoms with Crippen molar-refractivity contribution in [1.82, 2.24) is 10.3 Å². The molecule has 0 aliphatic rings. The Labute approximate surface area is 104 Å². The summed E-state index contributed by atoms with van der Waals surface area (Å²) in [5, 5.41) is 3.31. The van der Waals surface area contributed by atoms with Crippen molar-refractivity contribution in [1.29, 1.82) is 0 Å². The molecule has 0 aliphatic carbocycles. The first-order valence-corrected chi connectivity index (χ1v) is 5.94. The molecule has 3 heteroatoms. The lowest BCUT2D eigenvalue weighted by atomic mass is 10.0. The molecule has 82 valence electrons. The third-order valence-electron chi connectivity index (χ3n) is 2.52. The van der Waals surface area contributed by atoms with Gasteiger partial charge in [-0.05, 0) is 30.3 Å². The predicted molar refractivity (Wildman–Crippen MR) is 69.3 cm³/mol. The van der Waals surface area contributed by atoms with Gasteiger partial charge in [-0.15, -0.1) is 0 Å². The van der Waals surface area contributed by atoms with Crippen LogP contribution < -0.4 is 5.32 Å². The maximum atomic E-state index is 4.15. The number of benzene rings is 1. The van der Waals surface area contributed by atoms with E-state index in [1.807, 2.05) is 31.4 Å². The minimum Gasteiger partial charge on any atom is -0.309 e. The average Bonchev–Trinajstić information content (AvgIpc) is 2.34. The Balaban J connectivity index is 2.41. The summed E-state index contributed by atoms with van der Waals surface area (Å²) < 4.78 is 1.11. The fourth-order valence-corrected chi connectivity index (χ4v) is 2.27. The highest BCUT2D eigenvalue weighted by Gasteiger charge is 2.13. The van der Waals surface area contributed by atoms with Crippen molar-refractivity contribution in [3.63, 3.8) is 0 Å². The molecule has 2 aromatic rings. The fourth-order valence-electron chi connectivity index (χ4n) is 1.76. The molecule has 1 aromatic heterocycles. The lowest BCUT2D eigenvalue weighted by Gasteiger charge is -2.18. The van der Waals surface area contributed by atoms with Crippen molar-refractivity contribution < 1.29 is 0 Å². The van der Waals surface area contributed by atoms with E-state index in [1.54, 1.807) is 6.20 Å². The van der Waals surface area contributed by atoms with E-state index < -0.39 is 0 Å². The first kappa shape index (κ1) is 11.3. The second kappa shape index (κ2) is 5.23. The summed E-state index contributed by atoms with van der Waals surface area (Å²) in [6, 6.07) is 12.4. The summed E-state index contributed by atoms with van der Waals surface area (Å²) >= 11 is 3.57. The minimum absolute atomic E-state index is 0.171. The Morgan fingerprint density at radius 3 is 2.62 bits per heavy atom. The van der Waals surface area contributed by atoms with Gasteiger partial charge < -0.3 is 5.32 Å². The van der Waals surface area contributed by atoms with Crippen LogP contribution in [0.1, 0.15) is 17.2 Å². The molecule has 0 amide bonds. The normalized spacial score (nSPS) is 12.4. The number of pyridine rings is 1. The Bertz CT molecular complexity index is 456. The molecule has 0 spiro atoms. The van der Waals surface area contributed by atoms with Crippen molar-refractivity contribution in [3.8, 4) is 0 Å². The molecule has 2 nitrogen and oxygen atoms in total. The molecular formula is C13H13BrN2. The molecular weight excluding hydrogens is 264 g/mol. The molecule has 16 heavy (non-hydrogen) atoms. The quantitative estimate of drug-likeness (QED) is 0.932. The SMILES string of the molecule is CNC(c1cccnc1)c1ccccc1Br. The topological polar surface area (TPSA) is 24.9 Å². The van der Waals surface area contributed by atoms with Crippen LogP contribution in [0.3, 0.4) is 0 Å². The first-order chi connectivity index (χ1) is 7.83. The average molecular weight is 277 g/mol. The highest BCUT2D eigenvalue weighted by atomic mass is 79.9. The number of halogens is 1. The number of hydrogen-bond donors (Lipinski definition) is 1. The molecule has 2 rings (SSSR count). The van der Waals surface area contributed by atoms with Crippen LogP contribution in [0.5, 0.6) is 0 Å². The van der Waals surface area contributed by atoms with Crippen molar-refractivity contribution in [2.75, 3.05) is 7.05 Å². The summed E-state index contributed by atoms with van der Waals surface area (Å²) in [6.45, 7) is 0. The summed E-state index contributed by atoms with van der Waals surface area (Å²) in [5.74, 6) is 0. The second-order valence-corrected chi connectivity index (χ2v) is 4.38. The van der Waals surface area contributed by atoms with Gasteiger partial charge in [0.25, 0.3) is 0 Å². The van der Waals surface area contributed by atoms with Gasteiger partial charge >= 0.3 is 0 Å². The standard InChI is InChI=1S/C13H13BrN2/c1-15-13(10-5-4-8-16-9-10)11-6-2-3-7-12(11)14/h2-9,13,15H,1H3. The van der Waals surface area contributed by atoms with Crippen LogP contribution in [-0.4, -0.2) is 12.0 Å². The number of nitrogens with zero attached hydrogens (tertiary/aromatic N) is 1. The van der Waals surface area contributed by atoms with Crippen LogP contribution in [0.4, 0.5) is 0 Å². The van der Waals surface area contributed by atoms with Gasteiger partial charge in [0.15, 0.2) is 0 Å². The van der Waals surface area contributed by atoms with Gasteiger partial charge in [-0.1, -0.05) is 40.2 Å². The summed E-state index contributed by atoms with van der Waals surface area (Å²) in [5.41, 5.74) is 2.38. The van der Waals surface area contributed by atoms with Crippen molar-refractivity contribution >= 4 is 15.9 Å². The molecule has 1 aromatic carbocycles. The number of rotatable bonds is 3. The molecule has 0 saturated heterocycles. The van der Waals surface area contributed by atoms with Gasteiger partial charge in [0.1, 0.15) is 0 Å². The van der Waals surface area contributed by atoms with Crippen molar-refractivity contribution in [2.24, 2.45) is 0 Å².